The van der Waals surface area contributed by atoms with E-state index in [1.54, 1.807) is 0 Å². The van der Waals surface area contributed by atoms with E-state index in [4.69, 9.17) is 14.4 Å². The van der Waals surface area contributed by atoms with Crippen LogP contribution < -0.4 is 0 Å². The van der Waals surface area contributed by atoms with Crippen molar-refractivity contribution >= 4 is 54.5 Å². The van der Waals surface area contributed by atoms with Gasteiger partial charge in [-0.05, 0) is 53.2 Å². The largest absolute Gasteiger partial charge is 0.456 e. The zero-order chi connectivity index (χ0) is 31.6. The maximum absolute atomic E-state index is 6.62. The van der Waals surface area contributed by atoms with Gasteiger partial charge in [-0.25, -0.2) is 9.97 Å². The molecular formula is C44H27N3O. The van der Waals surface area contributed by atoms with Crippen LogP contribution in [0.4, 0.5) is 0 Å². The number of rotatable bonds is 4. The molecule has 0 atom stereocenters. The van der Waals surface area contributed by atoms with Crippen LogP contribution in [-0.2, 0) is 0 Å². The minimum Gasteiger partial charge on any atom is -0.456 e. The van der Waals surface area contributed by atoms with Gasteiger partial charge in [-0.2, -0.15) is 0 Å². The first-order valence-electron chi connectivity index (χ1n) is 16.2. The first kappa shape index (κ1) is 26.7. The van der Waals surface area contributed by atoms with E-state index in [0.717, 1.165) is 66.7 Å². The molecule has 0 aliphatic rings. The van der Waals surface area contributed by atoms with Gasteiger partial charge in [-0.3, -0.25) is 0 Å². The van der Waals surface area contributed by atoms with Crippen LogP contribution in [0.2, 0.25) is 0 Å². The highest BCUT2D eigenvalue weighted by molar-refractivity contribution is 6.17. The summed E-state index contributed by atoms with van der Waals surface area (Å²) in [5, 5.41) is 7.02. The van der Waals surface area contributed by atoms with Crippen LogP contribution in [-0.4, -0.2) is 14.5 Å². The molecule has 4 nitrogen and oxygen atoms in total. The normalized spacial score (nSPS) is 11.8. The second-order valence-corrected chi connectivity index (χ2v) is 12.2. The fourth-order valence-corrected chi connectivity index (χ4v) is 7.14. The van der Waals surface area contributed by atoms with Gasteiger partial charge in [0, 0.05) is 32.8 Å². The van der Waals surface area contributed by atoms with Crippen LogP contribution >= 0.6 is 0 Å². The molecule has 7 aromatic carbocycles. The Morgan fingerprint density at radius 3 is 1.83 bits per heavy atom. The summed E-state index contributed by atoms with van der Waals surface area (Å²) in [4.78, 5) is 10.2. The third kappa shape index (κ3) is 4.16. The van der Waals surface area contributed by atoms with E-state index < -0.39 is 0 Å². The molecule has 3 aromatic heterocycles. The van der Waals surface area contributed by atoms with Crippen molar-refractivity contribution in [1.82, 2.24) is 14.5 Å². The summed E-state index contributed by atoms with van der Waals surface area (Å²) < 4.78 is 9.03. The Balaban J connectivity index is 1.32. The predicted molar refractivity (Wildman–Crippen MR) is 197 cm³/mol. The molecule has 10 rings (SSSR count). The number of hydrogen-bond acceptors (Lipinski definition) is 3. The van der Waals surface area contributed by atoms with E-state index in [1.807, 2.05) is 48.5 Å². The Bertz CT molecular complexity index is 2770. The van der Waals surface area contributed by atoms with Crippen molar-refractivity contribution in [2.24, 2.45) is 0 Å². The molecule has 0 fully saturated rings. The van der Waals surface area contributed by atoms with Crippen molar-refractivity contribution in [1.29, 1.82) is 0 Å². The standard InChI is InChI=1S/C44H27N3O/c1-3-13-28(14-4-1)36-27-37(46-44(45-36)29-15-5-2-6-16-29)32-25-40(43-34-20-10-12-22-41(34)48-42(43)26-32)47-38-21-11-9-19-33(38)35-23-30-17-7-8-18-31(30)24-39(35)47/h1-27H. The van der Waals surface area contributed by atoms with Gasteiger partial charge in [0.25, 0.3) is 0 Å². The van der Waals surface area contributed by atoms with Gasteiger partial charge in [0.05, 0.1) is 33.5 Å². The van der Waals surface area contributed by atoms with Gasteiger partial charge in [0.2, 0.25) is 0 Å². The van der Waals surface area contributed by atoms with Crippen LogP contribution in [0.1, 0.15) is 0 Å². The SMILES string of the molecule is c1ccc(-c2cc(-c3cc(-n4c5ccccc5c5cc6ccccc6cc54)c4c(c3)oc3ccccc34)nc(-c3ccccc3)n2)cc1. The average molecular weight is 614 g/mol. The lowest BCUT2D eigenvalue weighted by Crippen LogP contribution is -1.98. The topological polar surface area (TPSA) is 43.9 Å². The fourth-order valence-electron chi connectivity index (χ4n) is 7.14. The Hall–Kier alpha value is -6.52. The van der Waals surface area contributed by atoms with Gasteiger partial charge in [-0.15, -0.1) is 0 Å². The third-order valence-electron chi connectivity index (χ3n) is 9.36. The Kier molecular flexibility index (Phi) is 5.84. The van der Waals surface area contributed by atoms with Crippen molar-refractivity contribution in [2.45, 2.75) is 0 Å². The van der Waals surface area contributed by atoms with Crippen LogP contribution in [0.25, 0.3) is 94.1 Å². The minimum atomic E-state index is 0.682. The number of para-hydroxylation sites is 2. The molecule has 0 aliphatic carbocycles. The Morgan fingerprint density at radius 1 is 0.417 bits per heavy atom. The molecule has 0 saturated carbocycles. The maximum Gasteiger partial charge on any atom is 0.160 e. The molecule has 0 N–H and O–H groups in total. The van der Waals surface area contributed by atoms with Gasteiger partial charge in [0.15, 0.2) is 5.82 Å². The molecule has 0 saturated heterocycles. The molecule has 0 spiro atoms. The van der Waals surface area contributed by atoms with Crippen molar-refractivity contribution in [3.05, 3.63) is 164 Å². The highest BCUT2D eigenvalue weighted by atomic mass is 16.3. The first-order chi connectivity index (χ1) is 23.8. The molecule has 3 heterocycles. The summed E-state index contributed by atoms with van der Waals surface area (Å²) in [6, 6.07) is 57.2. The number of fused-ring (bicyclic) bond motifs is 7. The van der Waals surface area contributed by atoms with E-state index in [2.05, 4.69) is 120 Å². The van der Waals surface area contributed by atoms with Crippen LogP contribution in [0.15, 0.2) is 168 Å². The molecule has 0 unspecified atom stereocenters. The summed E-state index contributed by atoms with van der Waals surface area (Å²) in [6.07, 6.45) is 0. The van der Waals surface area contributed by atoms with Gasteiger partial charge in [-0.1, -0.05) is 121 Å². The lowest BCUT2D eigenvalue weighted by atomic mass is 10.0. The molecular weight excluding hydrogens is 587 g/mol. The molecule has 10 aromatic rings. The summed E-state index contributed by atoms with van der Waals surface area (Å²) in [5.74, 6) is 0.682. The summed E-state index contributed by atoms with van der Waals surface area (Å²) >= 11 is 0. The smallest absolute Gasteiger partial charge is 0.160 e. The van der Waals surface area contributed by atoms with Crippen molar-refractivity contribution in [3.63, 3.8) is 0 Å². The fraction of sp³-hybridized carbons (Fsp3) is 0. The van der Waals surface area contributed by atoms with Crippen LogP contribution in [0.5, 0.6) is 0 Å². The average Bonchev–Trinajstić information content (AvgIpc) is 3.69. The van der Waals surface area contributed by atoms with Crippen molar-refractivity contribution in [2.75, 3.05) is 0 Å². The molecule has 4 heteroatoms. The van der Waals surface area contributed by atoms with Crippen molar-refractivity contribution in [3.8, 4) is 39.6 Å². The minimum absolute atomic E-state index is 0.682. The number of nitrogens with zero attached hydrogens (tertiary/aromatic N) is 3. The zero-order valence-electron chi connectivity index (χ0n) is 25.8. The second kappa shape index (κ2) is 10.5. The van der Waals surface area contributed by atoms with E-state index in [-0.39, 0.29) is 0 Å². The van der Waals surface area contributed by atoms with E-state index >= 15 is 0 Å². The maximum atomic E-state index is 6.62. The van der Waals surface area contributed by atoms with Crippen LogP contribution in [0, 0.1) is 0 Å². The number of hydrogen-bond donors (Lipinski definition) is 0. The number of benzene rings is 7. The molecule has 0 amide bonds. The Morgan fingerprint density at radius 2 is 1.04 bits per heavy atom. The van der Waals surface area contributed by atoms with Gasteiger partial charge >= 0.3 is 0 Å². The quantitative estimate of drug-likeness (QED) is 0.198. The Labute approximate surface area is 276 Å². The first-order valence-corrected chi connectivity index (χ1v) is 16.2. The summed E-state index contributed by atoms with van der Waals surface area (Å²) in [6.45, 7) is 0. The lowest BCUT2D eigenvalue weighted by Gasteiger charge is -2.14. The molecule has 48 heavy (non-hydrogen) atoms. The zero-order valence-corrected chi connectivity index (χ0v) is 25.8. The molecule has 0 aliphatic heterocycles. The highest BCUT2D eigenvalue weighted by Crippen LogP contribution is 2.42. The van der Waals surface area contributed by atoms with Gasteiger partial charge < -0.3 is 8.98 Å². The van der Waals surface area contributed by atoms with Crippen molar-refractivity contribution < 1.29 is 4.42 Å². The highest BCUT2D eigenvalue weighted by Gasteiger charge is 2.21. The van der Waals surface area contributed by atoms with Gasteiger partial charge in [0.1, 0.15) is 11.2 Å². The summed E-state index contributed by atoms with van der Waals surface area (Å²) in [5.41, 5.74) is 9.68. The monoisotopic (exact) mass is 613 g/mol. The number of aromatic nitrogens is 3. The second-order valence-electron chi connectivity index (χ2n) is 12.2. The summed E-state index contributed by atoms with van der Waals surface area (Å²) in [7, 11) is 0. The lowest BCUT2D eigenvalue weighted by molar-refractivity contribution is 0.669. The van der Waals surface area contributed by atoms with E-state index in [1.165, 1.54) is 21.5 Å². The van der Waals surface area contributed by atoms with E-state index in [0.29, 0.717) is 5.82 Å². The number of furan rings is 1. The van der Waals surface area contributed by atoms with E-state index in [9.17, 15) is 0 Å². The predicted octanol–water partition coefficient (Wildman–Crippen LogP) is 11.6. The molecule has 0 bridgehead atoms. The molecule has 0 radical (unpaired) electrons. The van der Waals surface area contributed by atoms with Crippen LogP contribution in [0.3, 0.4) is 0 Å². The third-order valence-corrected chi connectivity index (χ3v) is 9.36. The molecule has 224 valence electrons.